The third-order valence-electron chi connectivity index (χ3n) is 6.76. The minimum atomic E-state index is -0.325. The van der Waals surface area contributed by atoms with Crippen LogP contribution >= 0.6 is 0 Å². The van der Waals surface area contributed by atoms with Crippen molar-refractivity contribution in [1.82, 2.24) is 9.80 Å². The number of amides is 1. The molecule has 154 valence electrons. The number of piperidine rings is 2. The third kappa shape index (κ3) is 4.24. The Morgan fingerprint density at radius 2 is 2.11 bits per heavy atom. The first-order chi connectivity index (χ1) is 13.4. The lowest BCUT2D eigenvalue weighted by molar-refractivity contribution is 0.0227. The molecular weight excluding hydrogens is 359 g/mol. The summed E-state index contributed by atoms with van der Waals surface area (Å²) in [5.74, 6) is -0.402. The van der Waals surface area contributed by atoms with Gasteiger partial charge in [-0.25, -0.2) is 4.39 Å². The van der Waals surface area contributed by atoms with E-state index in [2.05, 4.69) is 4.90 Å². The molecule has 3 fully saturated rings. The number of aliphatic hydroxyl groups excluding tert-OH is 1. The summed E-state index contributed by atoms with van der Waals surface area (Å²) >= 11 is 0. The maximum absolute atomic E-state index is 13.8. The standard InChI is InChI=1S/C22H31FN2O3/c1-16-4-5-17(11-20(16)23)21(27)25-9-6-22(7-10-25)12-19(28-15-22)14-24-8-2-3-18(26)13-24/h4-5,11,18-19,26H,2-3,6-10,12-15H2,1H3/t18-,19-/m1/s1. The summed E-state index contributed by atoms with van der Waals surface area (Å²) in [5, 5.41) is 9.86. The van der Waals surface area contributed by atoms with Crippen molar-refractivity contribution in [2.75, 3.05) is 39.3 Å². The van der Waals surface area contributed by atoms with Crippen LogP contribution in [0.3, 0.4) is 0 Å². The number of benzene rings is 1. The molecule has 1 aromatic carbocycles. The van der Waals surface area contributed by atoms with Gasteiger partial charge in [0.15, 0.2) is 0 Å². The molecule has 2 atom stereocenters. The lowest BCUT2D eigenvalue weighted by atomic mass is 9.76. The number of carbonyl (C=O) groups excluding carboxylic acids is 1. The Kier molecular flexibility index (Phi) is 5.72. The molecule has 3 aliphatic rings. The van der Waals surface area contributed by atoms with E-state index in [9.17, 15) is 14.3 Å². The minimum absolute atomic E-state index is 0.0773. The third-order valence-corrected chi connectivity index (χ3v) is 6.76. The molecule has 3 aliphatic heterocycles. The van der Waals surface area contributed by atoms with Crippen LogP contribution in [-0.4, -0.2) is 72.4 Å². The van der Waals surface area contributed by atoms with Crippen LogP contribution in [0.25, 0.3) is 0 Å². The number of likely N-dealkylation sites (tertiary alicyclic amines) is 2. The molecule has 0 aromatic heterocycles. The summed E-state index contributed by atoms with van der Waals surface area (Å²) < 4.78 is 19.9. The van der Waals surface area contributed by atoms with E-state index in [0.29, 0.717) is 24.2 Å². The Hall–Kier alpha value is -1.50. The predicted molar refractivity (Wildman–Crippen MR) is 105 cm³/mol. The Bertz CT molecular complexity index is 718. The molecule has 0 saturated carbocycles. The van der Waals surface area contributed by atoms with E-state index in [0.717, 1.165) is 58.3 Å². The van der Waals surface area contributed by atoms with Crippen molar-refractivity contribution < 1.29 is 19.0 Å². The number of carbonyl (C=O) groups is 1. The lowest BCUT2D eigenvalue weighted by Crippen LogP contribution is -2.44. The van der Waals surface area contributed by atoms with Crippen molar-refractivity contribution in [2.45, 2.75) is 51.2 Å². The zero-order valence-electron chi connectivity index (χ0n) is 16.7. The maximum Gasteiger partial charge on any atom is 0.253 e. The fourth-order valence-electron chi connectivity index (χ4n) is 4.94. The topological polar surface area (TPSA) is 53.0 Å². The van der Waals surface area contributed by atoms with E-state index in [-0.39, 0.29) is 29.3 Å². The second-order valence-electron chi connectivity index (χ2n) is 8.95. The van der Waals surface area contributed by atoms with Gasteiger partial charge in [0, 0.05) is 31.7 Å². The SMILES string of the molecule is Cc1ccc(C(=O)N2CCC3(CC2)CO[C@@H](CN2CCC[C@@H](O)C2)C3)cc1F. The molecule has 0 unspecified atom stereocenters. The molecule has 0 aliphatic carbocycles. The summed E-state index contributed by atoms with van der Waals surface area (Å²) in [6.07, 6.45) is 4.87. The highest BCUT2D eigenvalue weighted by Crippen LogP contribution is 2.42. The fraction of sp³-hybridized carbons (Fsp3) is 0.682. The van der Waals surface area contributed by atoms with Gasteiger partial charge in [-0.15, -0.1) is 0 Å². The van der Waals surface area contributed by atoms with Crippen molar-refractivity contribution in [3.63, 3.8) is 0 Å². The zero-order valence-corrected chi connectivity index (χ0v) is 16.7. The number of hydrogen-bond donors (Lipinski definition) is 1. The average molecular weight is 390 g/mol. The summed E-state index contributed by atoms with van der Waals surface area (Å²) in [7, 11) is 0. The molecule has 0 radical (unpaired) electrons. The van der Waals surface area contributed by atoms with E-state index < -0.39 is 0 Å². The molecule has 1 N–H and O–H groups in total. The smallest absolute Gasteiger partial charge is 0.253 e. The first kappa shape index (κ1) is 19.8. The zero-order chi connectivity index (χ0) is 19.7. The van der Waals surface area contributed by atoms with Gasteiger partial charge < -0.3 is 14.7 Å². The normalized spacial score (nSPS) is 28.0. The lowest BCUT2D eigenvalue weighted by Gasteiger charge is -2.38. The molecule has 1 spiro atoms. The number of β-amino-alcohol motifs (C(OH)–C–C–N with tert-alkyl or cyclic N) is 1. The Morgan fingerprint density at radius 3 is 2.82 bits per heavy atom. The first-order valence-corrected chi connectivity index (χ1v) is 10.5. The van der Waals surface area contributed by atoms with Crippen LogP contribution in [0.2, 0.25) is 0 Å². The molecule has 1 amide bonds. The van der Waals surface area contributed by atoms with Gasteiger partial charge in [-0.1, -0.05) is 6.07 Å². The van der Waals surface area contributed by atoms with E-state index in [1.807, 2.05) is 4.90 Å². The van der Waals surface area contributed by atoms with Crippen LogP contribution in [-0.2, 0) is 4.74 Å². The molecule has 3 heterocycles. The summed E-state index contributed by atoms with van der Waals surface area (Å²) in [6, 6.07) is 4.73. The Balaban J connectivity index is 1.30. The van der Waals surface area contributed by atoms with Gasteiger partial charge in [0.25, 0.3) is 5.91 Å². The monoisotopic (exact) mass is 390 g/mol. The summed E-state index contributed by atoms with van der Waals surface area (Å²) in [5.41, 5.74) is 1.15. The second-order valence-corrected chi connectivity index (χ2v) is 8.95. The Labute approximate surface area is 166 Å². The number of ether oxygens (including phenoxy) is 1. The molecular formula is C22H31FN2O3. The van der Waals surface area contributed by atoms with Crippen molar-refractivity contribution in [2.24, 2.45) is 5.41 Å². The van der Waals surface area contributed by atoms with Gasteiger partial charge >= 0.3 is 0 Å². The molecule has 1 aromatic rings. The van der Waals surface area contributed by atoms with Crippen LogP contribution < -0.4 is 0 Å². The van der Waals surface area contributed by atoms with E-state index in [4.69, 9.17) is 4.74 Å². The van der Waals surface area contributed by atoms with Gasteiger partial charge in [-0.3, -0.25) is 9.69 Å². The highest BCUT2D eigenvalue weighted by molar-refractivity contribution is 5.94. The molecule has 3 saturated heterocycles. The number of rotatable bonds is 3. The summed E-state index contributed by atoms with van der Waals surface area (Å²) in [4.78, 5) is 16.9. The van der Waals surface area contributed by atoms with E-state index in [1.54, 1.807) is 19.1 Å². The largest absolute Gasteiger partial charge is 0.392 e. The number of halogens is 1. The van der Waals surface area contributed by atoms with Gasteiger partial charge in [0.2, 0.25) is 0 Å². The van der Waals surface area contributed by atoms with Gasteiger partial charge in [-0.05, 0) is 68.7 Å². The number of hydrogen-bond acceptors (Lipinski definition) is 4. The van der Waals surface area contributed by atoms with Crippen LogP contribution in [0.5, 0.6) is 0 Å². The molecule has 0 bridgehead atoms. The highest BCUT2D eigenvalue weighted by Gasteiger charge is 2.43. The number of nitrogens with zero attached hydrogens (tertiary/aromatic N) is 2. The maximum atomic E-state index is 13.8. The number of aliphatic hydroxyl groups is 1. The molecule has 5 nitrogen and oxygen atoms in total. The minimum Gasteiger partial charge on any atom is -0.392 e. The highest BCUT2D eigenvalue weighted by atomic mass is 19.1. The predicted octanol–water partition coefficient (Wildman–Crippen LogP) is 2.60. The van der Waals surface area contributed by atoms with E-state index >= 15 is 0 Å². The van der Waals surface area contributed by atoms with Crippen LogP contribution in [0.4, 0.5) is 4.39 Å². The van der Waals surface area contributed by atoms with Crippen molar-refractivity contribution in [3.05, 3.63) is 35.1 Å². The molecule has 4 rings (SSSR count). The quantitative estimate of drug-likeness (QED) is 0.862. The molecule has 28 heavy (non-hydrogen) atoms. The van der Waals surface area contributed by atoms with Gasteiger partial charge in [-0.2, -0.15) is 0 Å². The first-order valence-electron chi connectivity index (χ1n) is 10.5. The fourth-order valence-corrected chi connectivity index (χ4v) is 4.94. The Morgan fingerprint density at radius 1 is 1.32 bits per heavy atom. The number of aryl methyl sites for hydroxylation is 1. The van der Waals surface area contributed by atoms with Gasteiger partial charge in [0.05, 0.1) is 18.8 Å². The van der Waals surface area contributed by atoms with Gasteiger partial charge in [0.1, 0.15) is 5.82 Å². The van der Waals surface area contributed by atoms with Crippen LogP contribution in [0, 0.1) is 18.2 Å². The van der Waals surface area contributed by atoms with Crippen molar-refractivity contribution >= 4 is 5.91 Å². The van der Waals surface area contributed by atoms with Crippen LogP contribution in [0.1, 0.15) is 48.0 Å². The van der Waals surface area contributed by atoms with Crippen LogP contribution in [0.15, 0.2) is 18.2 Å². The van der Waals surface area contributed by atoms with Crippen molar-refractivity contribution in [3.8, 4) is 0 Å². The average Bonchev–Trinajstić information content (AvgIpc) is 3.06. The van der Waals surface area contributed by atoms with E-state index in [1.165, 1.54) is 6.07 Å². The van der Waals surface area contributed by atoms with Crippen molar-refractivity contribution in [1.29, 1.82) is 0 Å². The second kappa shape index (κ2) is 8.09. The molecule has 6 heteroatoms. The summed E-state index contributed by atoms with van der Waals surface area (Å²) in [6.45, 7) is 6.55.